The van der Waals surface area contributed by atoms with Crippen molar-refractivity contribution in [2.24, 2.45) is 17.1 Å². The smallest absolute Gasteiger partial charge is 0.145 e. The lowest BCUT2D eigenvalue weighted by Crippen LogP contribution is -2.50. The quantitative estimate of drug-likeness (QED) is 0.846. The van der Waals surface area contributed by atoms with Crippen molar-refractivity contribution in [3.8, 4) is 0 Å². The number of halogens is 2. The van der Waals surface area contributed by atoms with E-state index >= 15 is 0 Å². The summed E-state index contributed by atoms with van der Waals surface area (Å²) in [6.45, 7) is 6.73. The average Bonchev–Trinajstić information content (AvgIpc) is 2.20. The van der Waals surface area contributed by atoms with E-state index in [1.54, 1.807) is 18.2 Å². The van der Waals surface area contributed by atoms with Gasteiger partial charge in [-0.2, -0.15) is 0 Å². The minimum Gasteiger partial charge on any atom is -0.325 e. The van der Waals surface area contributed by atoms with Gasteiger partial charge in [0.2, 0.25) is 0 Å². The van der Waals surface area contributed by atoms with Crippen molar-refractivity contribution >= 4 is 11.6 Å². The second-order valence-corrected chi connectivity index (χ2v) is 7.51. The summed E-state index contributed by atoms with van der Waals surface area (Å²) in [5.41, 5.74) is 7.10. The molecule has 0 amide bonds. The Kier molecular flexibility index (Phi) is 3.95. The van der Waals surface area contributed by atoms with E-state index in [2.05, 4.69) is 20.8 Å². The highest BCUT2D eigenvalue weighted by atomic mass is 35.5. The molecule has 1 aromatic carbocycles. The number of nitrogens with two attached hydrogens (primary N) is 1. The molecule has 2 unspecified atom stereocenters. The predicted molar refractivity (Wildman–Crippen MR) is 78.8 cm³/mol. The Labute approximate surface area is 120 Å². The first-order chi connectivity index (χ1) is 8.71. The highest BCUT2D eigenvalue weighted by Crippen LogP contribution is 2.44. The second-order valence-electron chi connectivity index (χ2n) is 7.11. The van der Waals surface area contributed by atoms with Crippen LogP contribution in [0.1, 0.15) is 45.6 Å². The molecule has 1 fully saturated rings. The summed E-state index contributed by atoms with van der Waals surface area (Å²) in [5.74, 6) is 0.265. The van der Waals surface area contributed by atoms with Gasteiger partial charge in [-0.15, -0.1) is 0 Å². The van der Waals surface area contributed by atoms with Gasteiger partial charge in [-0.05, 0) is 48.6 Å². The van der Waals surface area contributed by atoms with Crippen LogP contribution < -0.4 is 5.73 Å². The molecule has 0 heterocycles. The largest absolute Gasteiger partial charge is 0.325 e. The van der Waals surface area contributed by atoms with E-state index in [0.29, 0.717) is 17.9 Å². The summed E-state index contributed by atoms with van der Waals surface area (Å²) in [4.78, 5) is 0. The Morgan fingerprint density at radius 1 is 1.37 bits per heavy atom. The molecular formula is C16H23ClFN. The number of benzene rings is 1. The summed E-state index contributed by atoms with van der Waals surface area (Å²) in [6.07, 6.45) is 3.62. The first-order valence-electron chi connectivity index (χ1n) is 6.93. The maximum atomic E-state index is 14.0. The molecule has 1 aliphatic rings. The maximum absolute atomic E-state index is 14.0. The fourth-order valence-electron chi connectivity index (χ4n) is 4.01. The van der Waals surface area contributed by atoms with E-state index < -0.39 is 0 Å². The van der Waals surface area contributed by atoms with Gasteiger partial charge in [0, 0.05) is 5.54 Å². The predicted octanol–water partition coefficient (Wildman–Crippen LogP) is 4.57. The molecule has 2 atom stereocenters. The minimum absolute atomic E-state index is 0.184. The number of hydrogen-bond donors (Lipinski definition) is 1. The third kappa shape index (κ3) is 3.49. The fourth-order valence-corrected chi connectivity index (χ4v) is 4.20. The van der Waals surface area contributed by atoms with Gasteiger partial charge >= 0.3 is 0 Å². The molecule has 0 bridgehead atoms. The molecule has 0 spiro atoms. The van der Waals surface area contributed by atoms with Crippen molar-refractivity contribution in [3.05, 3.63) is 34.6 Å². The van der Waals surface area contributed by atoms with Crippen LogP contribution in [0.4, 0.5) is 4.39 Å². The van der Waals surface area contributed by atoms with E-state index in [4.69, 9.17) is 17.3 Å². The third-order valence-corrected chi connectivity index (χ3v) is 4.35. The Balaban J connectivity index is 2.23. The van der Waals surface area contributed by atoms with Crippen LogP contribution in [0, 0.1) is 17.2 Å². The van der Waals surface area contributed by atoms with Gasteiger partial charge < -0.3 is 5.73 Å². The zero-order valence-electron chi connectivity index (χ0n) is 12.0. The van der Waals surface area contributed by atoms with Crippen LogP contribution in [-0.2, 0) is 6.42 Å². The zero-order valence-corrected chi connectivity index (χ0v) is 12.7. The van der Waals surface area contributed by atoms with E-state index in [0.717, 1.165) is 12.8 Å². The van der Waals surface area contributed by atoms with Gasteiger partial charge in [0.05, 0.1) is 5.02 Å². The molecule has 0 aromatic heterocycles. The van der Waals surface area contributed by atoms with Crippen molar-refractivity contribution in [1.29, 1.82) is 0 Å². The van der Waals surface area contributed by atoms with Gasteiger partial charge in [-0.3, -0.25) is 0 Å². The molecule has 3 heteroatoms. The zero-order chi connectivity index (χ0) is 14.3. The molecular weight excluding hydrogens is 261 g/mol. The van der Waals surface area contributed by atoms with Crippen molar-refractivity contribution in [2.75, 3.05) is 0 Å². The van der Waals surface area contributed by atoms with Crippen LogP contribution in [0.15, 0.2) is 18.2 Å². The maximum Gasteiger partial charge on any atom is 0.145 e. The lowest BCUT2D eigenvalue weighted by Gasteiger charge is -2.46. The van der Waals surface area contributed by atoms with Crippen LogP contribution in [0.5, 0.6) is 0 Å². The summed E-state index contributed by atoms with van der Waals surface area (Å²) in [7, 11) is 0. The molecule has 19 heavy (non-hydrogen) atoms. The topological polar surface area (TPSA) is 26.0 Å². The molecule has 1 aromatic rings. The summed E-state index contributed by atoms with van der Waals surface area (Å²) in [6, 6.07) is 5.17. The molecule has 0 saturated heterocycles. The second kappa shape index (κ2) is 5.06. The van der Waals surface area contributed by atoms with Crippen LogP contribution in [-0.4, -0.2) is 5.54 Å². The number of hydrogen-bond acceptors (Lipinski definition) is 1. The van der Waals surface area contributed by atoms with Gasteiger partial charge in [0.15, 0.2) is 0 Å². The molecule has 1 nitrogen and oxygen atoms in total. The first-order valence-corrected chi connectivity index (χ1v) is 7.30. The molecule has 2 rings (SSSR count). The van der Waals surface area contributed by atoms with E-state index in [1.807, 2.05) is 0 Å². The van der Waals surface area contributed by atoms with Crippen molar-refractivity contribution in [2.45, 2.75) is 52.0 Å². The molecule has 0 radical (unpaired) electrons. The Hall–Kier alpha value is -0.600. The van der Waals surface area contributed by atoms with Crippen molar-refractivity contribution in [3.63, 3.8) is 0 Å². The van der Waals surface area contributed by atoms with E-state index in [-0.39, 0.29) is 21.8 Å². The van der Waals surface area contributed by atoms with Gasteiger partial charge in [0.1, 0.15) is 5.82 Å². The average molecular weight is 284 g/mol. The monoisotopic (exact) mass is 283 g/mol. The molecule has 0 aliphatic heterocycles. The van der Waals surface area contributed by atoms with Crippen LogP contribution in [0.3, 0.4) is 0 Å². The van der Waals surface area contributed by atoms with E-state index in [9.17, 15) is 4.39 Å². The lowest BCUT2D eigenvalue weighted by atomic mass is 9.63. The Morgan fingerprint density at radius 3 is 2.68 bits per heavy atom. The summed E-state index contributed by atoms with van der Waals surface area (Å²) in [5, 5.41) is 0.184. The molecule has 106 valence electrons. The third-order valence-electron chi connectivity index (χ3n) is 4.06. The molecule has 1 aliphatic carbocycles. The van der Waals surface area contributed by atoms with Crippen molar-refractivity contribution < 1.29 is 4.39 Å². The minimum atomic E-state index is -0.327. The number of rotatable bonds is 2. The van der Waals surface area contributed by atoms with Crippen LogP contribution in [0.2, 0.25) is 5.02 Å². The van der Waals surface area contributed by atoms with Gasteiger partial charge in [0.25, 0.3) is 0 Å². The highest BCUT2D eigenvalue weighted by Gasteiger charge is 2.40. The van der Waals surface area contributed by atoms with Gasteiger partial charge in [-0.25, -0.2) is 4.39 Å². The normalized spacial score (nSPS) is 30.3. The Morgan fingerprint density at radius 2 is 2.05 bits per heavy atom. The SMILES string of the molecule is CC1CC(C)(C)CC(N)(Cc2cccc(Cl)c2F)C1. The first kappa shape index (κ1) is 14.8. The van der Waals surface area contributed by atoms with Crippen molar-refractivity contribution in [1.82, 2.24) is 0 Å². The fraction of sp³-hybridized carbons (Fsp3) is 0.625. The van der Waals surface area contributed by atoms with E-state index in [1.165, 1.54) is 6.42 Å². The molecule has 2 N–H and O–H groups in total. The lowest BCUT2D eigenvalue weighted by molar-refractivity contribution is 0.107. The summed E-state index contributed by atoms with van der Waals surface area (Å²) >= 11 is 5.85. The molecule has 1 saturated carbocycles. The standard InChI is InChI=1S/C16H23ClFN/c1-11-7-15(2,3)10-16(19,8-11)9-12-5-4-6-13(17)14(12)18/h4-6,11H,7-10,19H2,1-3H3. The highest BCUT2D eigenvalue weighted by molar-refractivity contribution is 6.30. The summed E-state index contributed by atoms with van der Waals surface area (Å²) < 4.78 is 14.0. The van der Waals surface area contributed by atoms with Gasteiger partial charge in [-0.1, -0.05) is 44.5 Å². The Bertz CT molecular complexity index is 472. The van der Waals surface area contributed by atoms with Crippen LogP contribution >= 0.6 is 11.6 Å². The van der Waals surface area contributed by atoms with Crippen LogP contribution in [0.25, 0.3) is 0 Å².